The van der Waals surface area contributed by atoms with Gasteiger partial charge in [-0.1, -0.05) is 39.0 Å². The Morgan fingerprint density at radius 3 is 1.75 bits per heavy atom. The summed E-state index contributed by atoms with van der Waals surface area (Å²) in [6.45, 7) is 4.24. The van der Waals surface area contributed by atoms with Gasteiger partial charge in [-0.05, 0) is 113 Å². The summed E-state index contributed by atoms with van der Waals surface area (Å²) in [5.41, 5.74) is 0. The Hall–Kier alpha value is -1.65. The molecule has 0 atom stereocenters. The average molecular weight is 505 g/mol. The van der Waals surface area contributed by atoms with Crippen LogP contribution in [0, 0.1) is 47.1 Å². The maximum Gasteiger partial charge on any atom is 0.314 e. The molecule has 0 amide bonds. The number of carbonyl (C=O) groups is 1. The first kappa shape index (κ1) is 27.4. The van der Waals surface area contributed by atoms with Crippen LogP contribution >= 0.6 is 0 Å². The van der Waals surface area contributed by atoms with E-state index >= 15 is 0 Å². The Kier molecular flexibility index (Phi) is 10.1. The summed E-state index contributed by atoms with van der Waals surface area (Å²) in [7, 11) is 0. The smallest absolute Gasteiger partial charge is 0.314 e. The van der Waals surface area contributed by atoms with E-state index in [9.17, 15) is 13.6 Å². The number of hydrogen-bond donors (Lipinski definition) is 0. The molecule has 0 unspecified atom stereocenters. The lowest BCUT2D eigenvalue weighted by molar-refractivity contribution is -0.140. The largest absolute Gasteiger partial charge is 0.491 e. The number of unbranched alkanes of at least 4 members (excludes halogenated alkanes) is 1. The molecule has 3 fully saturated rings. The molecule has 36 heavy (non-hydrogen) atoms. The summed E-state index contributed by atoms with van der Waals surface area (Å²) in [5, 5.41) is 0. The highest BCUT2D eigenvalue weighted by Gasteiger charge is 2.36. The van der Waals surface area contributed by atoms with Gasteiger partial charge >= 0.3 is 5.97 Å². The molecule has 4 rings (SSSR count). The van der Waals surface area contributed by atoms with Crippen LogP contribution in [-0.2, 0) is 4.79 Å². The fraction of sp³-hybridized carbons (Fsp3) is 0.774. The molecule has 1 aromatic carbocycles. The molecule has 0 saturated heterocycles. The van der Waals surface area contributed by atoms with Crippen LogP contribution in [0.5, 0.6) is 11.5 Å². The molecule has 0 heterocycles. The Labute approximate surface area is 216 Å². The molecule has 0 aromatic heterocycles. The Balaban J connectivity index is 1.18. The second-order valence-electron chi connectivity index (χ2n) is 11.8. The van der Waals surface area contributed by atoms with E-state index < -0.39 is 17.6 Å². The van der Waals surface area contributed by atoms with Crippen molar-refractivity contribution in [2.24, 2.45) is 35.5 Å². The van der Waals surface area contributed by atoms with E-state index in [4.69, 9.17) is 9.47 Å². The highest BCUT2D eigenvalue weighted by molar-refractivity contribution is 5.75. The second kappa shape index (κ2) is 13.2. The fourth-order valence-electron chi connectivity index (χ4n) is 7.41. The fourth-order valence-corrected chi connectivity index (χ4v) is 7.41. The molecule has 3 aliphatic carbocycles. The number of esters is 1. The van der Waals surface area contributed by atoms with Gasteiger partial charge in [-0.25, -0.2) is 0 Å². The van der Waals surface area contributed by atoms with Crippen molar-refractivity contribution in [2.45, 2.75) is 110 Å². The first-order chi connectivity index (χ1) is 17.5. The summed E-state index contributed by atoms with van der Waals surface area (Å²) >= 11 is 0. The molecular weight excluding hydrogens is 458 g/mol. The molecule has 0 bridgehead atoms. The van der Waals surface area contributed by atoms with Gasteiger partial charge in [0.15, 0.2) is 11.5 Å². The highest BCUT2D eigenvalue weighted by Crippen LogP contribution is 2.46. The van der Waals surface area contributed by atoms with Crippen LogP contribution in [0.3, 0.4) is 0 Å². The van der Waals surface area contributed by atoms with E-state index in [1.165, 1.54) is 82.8 Å². The minimum absolute atomic E-state index is 0.162. The lowest BCUT2D eigenvalue weighted by Crippen LogP contribution is -2.32. The average Bonchev–Trinajstić information content (AvgIpc) is 2.92. The lowest BCUT2D eigenvalue weighted by atomic mass is 9.65. The molecular formula is C31H46F2O3. The minimum Gasteiger partial charge on any atom is -0.491 e. The number of carbonyl (C=O) groups excluding carboxylic acids is 1. The number of ether oxygens (including phenoxy) is 2. The van der Waals surface area contributed by atoms with Crippen molar-refractivity contribution in [1.82, 2.24) is 0 Å². The highest BCUT2D eigenvalue weighted by atomic mass is 19.2. The third-order valence-corrected chi connectivity index (χ3v) is 9.63. The monoisotopic (exact) mass is 504 g/mol. The van der Waals surface area contributed by atoms with Crippen LogP contribution in [-0.4, -0.2) is 12.6 Å². The zero-order chi connectivity index (χ0) is 25.5. The number of rotatable bonds is 9. The van der Waals surface area contributed by atoms with Crippen molar-refractivity contribution in [1.29, 1.82) is 0 Å². The van der Waals surface area contributed by atoms with E-state index in [0.717, 1.165) is 49.4 Å². The molecule has 3 nitrogen and oxygen atoms in total. The number of benzene rings is 1. The predicted octanol–water partition coefficient (Wildman–Crippen LogP) is 8.88. The predicted molar refractivity (Wildman–Crippen MR) is 139 cm³/mol. The molecule has 1 aromatic rings. The summed E-state index contributed by atoms with van der Waals surface area (Å²) in [6, 6.07) is 2.60. The summed E-state index contributed by atoms with van der Waals surface area (Å²) in [4.78, 5) is 12.7. The van der Waals surface area contributed by atoms with Crippen LogP contribution in [0.2, 0.25) is 0 Å². The van der Waals surface area contributed by atoms with E-state index in [2.05, 4.69) is 6.92 Å². The van der Waals surface area contributed by atoms with E-state index in [1.54, 1.807) is 6.92 Å². The first-order valence-corrected chi connectivity index (χ1v) is 14.8. The van der Waals surface area contributed by atoms with Gasteiger partial charge in [0.25, 0.3) is 0 Å². The minimum atomic E-state index is -1.16. The number of halogens is 2. The van der Waals surface area contributed by atoms with Gasteiger partial charge in [-0.2, -0.15) is 8.78 Å². The van der Waals surface area contributed by atoms with Gasteiger partial charge in [0.2, 0.25) is 11.6 Å². The van der Waals surface area contributed by atoms with E-state index in [1.807, 2.05) is 0 Å². The molecule has 0 N–H and O–H groups in total. The van der Waals surface area contributed by atoms with Crippen LogP contribution in [0.1, 0.15) is 110 Å². The Morgan fingerprint density at radius 1 is 0.750 bits per heavy atom. The lowest BCUT2D eigenvalue weighted by Gasteiger charge is -2.41. The molecule has 0 aliphatic heterocycles. The van der Waals surface area contributed by atoms with Crippen molar-refractivity contribution in [3.8, 4) is 11.5 Å². The topological polar surface area (TPSA) is 35.5 Å². The molecule has 3 aliphatic rings. The van der Waals surface area contributed by atoms with Crippen LogP contribution in [0.25, 0.3) is 0 Å². The zero-order valence-corrected chi connectivity index (χ0v) is 22.4. The van der Waals surface area contributed by atoms with Gasteiger partial charge in [0.1, 0.15) is 0 Å². The summed E-state index contributed by atoms with van der Waals surface area (Å²) in [6.07, 6.45) is 19.1. The van der Waals surface area contributed by atoms with E-state index in [0.29, 0.717) is 5.92 Å². The standard InChI is InChI=1S/C31H46F2O3/c1-3-5-6-21-7-9-22(10-8-21)23-11-13-24(14-12-23)25-15-17-26(18-16-25)31(34)36-28-20-19-27(35-4-2)29(32)30(28)33/h19-26H,3-18H2,1-2H3. The number of hydrogen-bond acceptors (Lipinski definition) is 3. The van der Waals surface area contributed by atoms with Crippen molar-refractivity contribution in [2.75, 3.05) is 6.61 Å². The normalized spacial score (nSPS) is 31.1. The zero-order valence-electron chi connectivity index (χ0n) is 22.4. The van der Waals surface area contributed by atoms with E-state index in [-0.39, 0.29) is 24.0 Å². The van der Waals surface area contributed by atoms with Gasteiger partial charge in [0, 0.05) is 0 Å². The SMILES string of the molecule is CCCCC1CCC(C2CCC(C3CCC(C(=O)Oc4ccc(OCC)c(F)c4F)CC3)CC2)CC1. The van der Waals surface area contributed by atoms with Crippen molar-refractivity contribution in [3.05, 3.63) is 23.8 Å². The molecule has 202 valence electrons. The van der Waals surface area contributed by atoms with Crippen LogP contribution in [0.4, 0.5) is 8.78 Å². The van der Waals surface area contributed by atoms with Crippen LogP contribution < -0.4 is 9.47 Å². The maximum atomic E-state index is 14.3. The maximum absolute atomic E-state index is 14.3. The third kappa shape index (κ3) is 6.81. The summed E-state index contributed by atoms with van der Waals surface area (Å²) < 4.78 is 38.8. The Bertz CT molecular complexity index is 832. The van der Waals surface area contributed by atoms with Gasteiger partial charge in [-0.15, -0.1) is 0 Å². The third-order valence-electron chi connectivity index (χ3n) is 9.63. The molecule has 3 saturated carbocycles. The van der Waals surface area contributed by atoms with Gasteiger partial charge < -0.3 is 9.47 Å². The van der Waals surface area contributed by atoms with Crippen molar-refractivity contribution in [3.63, 3.8) is 0 Å². The van der Waals surface area contributed by atoms with Gasteiger partial charge in [-0.3, -0.25) is 4.79 Å². The second-order valence-corrected chi connectivity index (χ2v) is 11.8. The Morgan fingerprint density at radius 2 is 1.22 bits per heavy atom. The molecule has 5 heteroatoms. The van der Waals surface area contributed by atoms with Gasteiger partial charge in [0.05, 0.1) is 12.5 Å². The first-order valence-electron chi connectivity index (χ1n) is 14.8. The molecule has 0 radical (unpaired) electrons. The van der Waals surface area contributed by atoms with Crippen molar-refractivity contribution >= 4 is 5.97 Å². The van der Waals surface area contributed by atoms with Crippen LogP contribution in [0.15, 0.2) is 12.1 Å². The van der Waals surface area contributed by atoms with Crippen molar-refractivity contribution < 1.29 is 23.0 Å². The molecule has 0 spiro atoms. The summed E-state index contributed by atoms with van der Waals surface area (Å²) in [5.74, 6) is 0.932. The quantitative estimate of drug-likeness (QED) is 0.249.